The van der Waals surface area contributed by atoms with Crippen LogP contribution in [0.15, 0.2) is 0 Å². The lowest BCUT2D eigenvalue weighted by atomic mass is 9.47. The van der Waals surface area contributed by atoms with E-state index in [4.69, 9.17) is 0 Å². The first-order valence-electron chi connectivity index (χ1n) is 8.28. The molecule has 2 rings (SSSR count). The van der Waals surface area contributed by atoms with E-state index in [9.17, 15) is 0 Å². The molecule has 2 saturated carbocycles. The second-order valence-electron chi connectivity index (χ2n) is 8.57. The van der Waals surface area contributed by atoms with Crippen LogP contribution in [0.5, 0.6) is 0 Å². The van der Waals surface area contributed by atoms with E-state index in [0.29, 0.717) is 10.8 Å². The van der Waals surface area contributed by atoms with Crippen LogP contribution in [0.1, 0.15) is 80.1 Å². The minimum Gasteiger partial charge on any atom is -0.0625 e. The molecule has 3 unspecified atom stereocenters. The third-order valence-electron chi connectivity index (χ3n) is 6.96. The van der Waals surface area contributed by atoms with Gasteiger partial charge < -0.3 is 0 Å². The lowest BCUT2D eigenvalue weighted by molar-refractivity contribution is -0.0860. The summed E-state index contributed by atoms with van der Waals surface area (Å²) in [6, 6.07) is 0. The summed E-state index contributed by atoms with van der Waals surface area (Å²) < 4.78 is 0. The molecule has 0 spiro atoms. The van der Waals surface area contributed by atoms with Gasteiger partial charge in [0.15, 0.2) is 0 Å². The average Bonchev–Trinajstić information content (AvgIpc) is 2.25. The Morgan fingerprint density at radius 3 is 2.17 bits per heavy atom. The van der Waals surface area contributed by atoms with Gasteiger partial charge in [0.1, 0.15) is 0 Å². The van der Waals surface area contributed by atoms with Crippen LogP contribution in [0, 0.1) is 34.5 Å². The van der Waals surface area contributed by atoms with Crippen molar-refractivity contribution in [3.8, 4) is 0 Å². The van der Waals surface area contributed by atoms with Gasteiger partial charge in [-0.05, 0) is 60.2 Å². The maximum absolute atomic E-state index is 2.59. The predicted octanol–water partition coefficient (Wildman–Crippen LogP) is 5.91. The highest BCUT2D eigenvalue weighted by atomic mass is 14.6. The summed E-state index contributed by atoms with van der Waals surface area (Å²) in [5.74, 6) is 3.74. The summed E-state index contributed by atoms with van der Waals surface area (Å²) in [4.78, 5) is 0. The fraction of sp³-hybridized carbons (Fsp3) is 1.00. The summed E-state index contributed by atoms with van der Waals surface area (Å²) in [6.45, 7) is 15.1. The second kappa shape index (κ2) is 4.84. The molecule has 0 bridgehead atoms. The van der Waals surface area contributed by atoms with Gasteiger partial charge in [-0.15, -0.1) is 0 Å². The highest BCUT2D eigenvalue weighted by molar-refractivity contribution is 5.01. The predicted molar refractivity (Wildman–Crippen MR) is 80.6 cm³/mol. The molecular formula is C18H34. The largest absolute Gasteiger partial charge is 0.0625 e. The normalized spacial score (nSPS) is 36.5. The van der Waals surface area contributed by atoms with E-state index in [1.807, 2.05) is 0 Å². The van der Waals surface area contributed by atoms with E-state index in [1.54, 1.807) is 0 Å². The fourth-order valence-corrected chi connectivity index (χ4v) is 4.86. The molecule has 2 aliphatic rings. The van der Waals surface area contributed by atoms with Crippen molar-refractivity contribution < 1.29 is 0 Å². The third-order valence-corrected chi connectivity index (χ3v) is 6.96. The molecule has 18 heavy (non-hydrogen) atoms. The molecule has 2 fully saturated rings. The lowest BCUT2D eigenvalue weighted by Gasteiger charge is -2.58. The van der Waals surface area contributed by atoms with Crippen LogP contribution in [0.4, 0.5) is 0 Å². The van der Waals surface area contributed by atoms with Crippen LogP contribution in [0.2, 0.25) is 0 Å². The smallest absolute Gasteiger partial charge is 0.0269 e. The Kier molecular flexibility index (Phi) is 3.87. The van der Waals surface area contributed by atoms with Gasteiger partial charge in [-0.25, -0.2) is 0 Å². The quantitative estimate of drug-likeness (QED) is 0.584. The highest BCUT2D eigenvalue weighted by Gasteiger charge is 2.52. The van der Waals surface area contributed by atoms with Crippen molar-refractivity contribution in [2.45, 2.75) is 80.1 Å². The van der Waals surface area contributed by atoms with Gasteiger partial charge in [0.25, 0.3) is 0 Å². The summed E-state index contributed by atoms with van der Waals surface area (Å²) in [6.07, 6.45) is 8.82. The van der Waals surface area contributed by atoms with Crippen LogP contribution in [-0.4, -0.2) is 0 Å². The summed E-state index contributed by atoms with van der Waals surface area (Å²) >= 11 is 0. The molecule has 106 valence electrons. The Balaban J connectivity index is 2.18. The van der Waals surface area contributed by atoms with Gasteiger partial charge in [0.05, 0.1) is 0 Å². The van der Waals surface area contributed by atoms with Gasteiger partial charge in [0.2, 0.25) is 0 Å². The number of rotatable bonds is 3. The van der Waals surface area contributed by atoms with E-state index in [1.165, 1.54) is 38.5 Å². The van der Waals surface area contributed by atoms with Crippen LogP contribution in [-0.2, 0) is 0 Å². The van der Waals surface area contributed by atoms with E-state index < -0.39 is 0 Å². The molecule has 0 saturated heterocycles. The molecule has 0 heteroatoms. The molecule has 0 aliphatic heterocycles. The van der Waals surface area contributed by atoms with Crippen molar-refractivity contribution in [1.82, 2.24) is 0 Å². The lowest BCUT2D eigenvalue weighted by Crippen LogP contribution is -2.49. The number of hydrogen-bond acceptors (Lipinski definition) is 0. The molecule has 0 aromatic carbocycles. The SMILES string of the molecule is CC1CCC(C(C)(C)C2(C)CCC2)C(C(C)C)C1. The van der Waals surface area contributed by atoms with Crippen LogP contribution in [0.25, 0.3) is 0 Å². The summed E-state index contributed by atoms with van der Waals surface area (Å²) in [5.41, 5.74) is 1.17. The van der Waals surface area contributed by atoms with Gasteiger partial charge in [-0.3, -0.25) is 0 Å². The fourth-order valence-electron chi connectivity index (χ4n) is 4.86. The van der Waals surface area contributed by atoms with Crippen molar-refractivity contribution in [2.75, 3.05) is 0 Å². The monoisotopic (exact) mass is 250 g/mol. The molecular weight excluding hydrogens is 216 g/mol. The summed E-state index contributed by atoms with van der Waals surface area (Å²) in [5, 5.41) is 0. The Morgan fingerprint density at radius 2 is 1.72 bits per heavy atom. The molecule has 3 atom stereocenters. The first kappa shape index (κ1) is 14.4. The van der Waals surface area contributed by atoms with Crippen molar-refractivity contribution in [2.24, 2.45) is 34.5 Å². The molecule has 2 aliphatic carbocycles. The molecule has 0 aromatic rings. The Hall–Kier alpha value is 0. The van der Waals surface area contributed by atoms with Crippen molar-refractivity contribution >= 4 is 0 Å². The Morgan fingerprint density at radius 1 is 1.11 bits per heavy atom. The van der Waals surface area contributed by atoms with Crippen molar-refractivity contribution in [1.29, 1.82) is 0 Å². The molecule has 0 nitrogen and oxygen atoms in total. The molecule has 0 aromatic heterocycles. The topological polar surface area (TPSA) is 0 Å². The average molecular weight is 250 g/mol. The minimum atomic E-state index is 0.542. The van der Waals surface area contributed by atoms with Gasteiger partial charge in [-0.1, -0.05) is 54.4 Å². The second-order valence-corrected chi connectivity index (χ2v) is 8.57. The minimum absolute atomic E-state index is 0.542. The Bertz CT molecular complexity index is 282. The molecule has 0 N–H and O–H groups in total. The maximum Gasteiger partial charge on any atom is -0.0269 e. The van der Waals surface area contributed by atoms with Gasteiger partial charge >= 0.3 is 0 Å². The van der Waals surface area contributed by atoms with Gasteiger partial charge in [0, 0.05) is 0 Å². The van der Waals surface area contributed by atoms with Crippen LogP contribution in [0.3, 0.4) is 0 Å². The van der Waals surface area contributed by atoms with Crippen molar-refractivity contribution in [3.05, 3.63) is 0 Å². The Labute approximate surface area is 115 Å². The van der Waals surface area contributed by atoms with E-state index in [2.05, 4.69) is 41.5 Å². The molecule has 0 amide bonds. The van der Waals surface area contributed by atoms with Crippen LogP contribution >= 0.6 is 0 Å². The van der Waals surface area contributed by atoms with E-state index >= 15 is 0 Å². The van der Waals surface area contributed by atoms with E-state index in [0.717, 1.165) is 23.7 Å². The van der Waals surface area contributed by atoms with E-state index in [-0.39, 0.29) is 0 Å². The van der Waals surface area contributed by atoms with Crippen LogP contribution < -0.4 is 0 Å². The van der Waals surface area contributed by atoms with Crippen molar-refractivity contribution in [3.63, 3.8) is 0 Å². The molecule has 0 heterocycles. The zero-order valence-corrected chi connectivity index (χ0v) is 13.6. The standard InChI is InChI=1S/C18H34/c1-13(2)15-12-14(3)8-9-16(15)17(4,5)18(6)10-7-11-18/h13-16H,7-12H2,1-6H3. The first-order valence-corrected chi connectivity index (χ1v) is 8.28. The highest BCUT2D eigenvalue weighted by Crippen LogP contribution is 2.61. The number of hydrogen-bond donors (Lipinski definition) is 0. The molecule has 0 radical (unpaired) electrons. The first-order chi connectivity index (χ1) is 8.28. The van der Waals surface area contributed by atoms with Gasteiger partial charge in [-0.2, -0.15) is 0 Å². The zero-order chi connectivity index (χ0) is 13.6. The zero-order valence-electron chi connectivity index (χ0n) is 13.6. The summed E-state index contributed by atoms with van der Waals surface area (Å²) in [7, 11) is 0. The maximum atomic E-state index is 2.59. The third kappa shape index (κ3) is 2.25.